The number of aromatic nitrogens is 2. The molecule has 2 heterocycles. The van der Waals surface area contributed by atoms with E-state index in [-0.39, 0.29) is 5.92 Å². The summed E-state index contributed by atoms with van der Waals surface area (Å²) < 4.78 is 1.88. The molecule has 1 saturated heterocycles. The summed E-state index contributed by atoms with van der Waals surface area (Å²) >= 11 is 0. The Labute approximate surface area is 114 Å². The van der Waals surface area contributed by atoms with Crippen LogP contribution in [-0.4, -0.2) is 38.8 Å². The van der Waals surface area contributed by atoms with E-state index in [2.05, 4.69) is 10.00 Å². The minimum absolute atomic E-state index is 0.215. The van der Waals surface area contributed by atoms with Gasteiger partial charge in [-0.05, 0) is 45.2 Å². The number of piperidine rings is 1. The van der Waals surface area contributed by atoms with Crippen molar-refractivity contribution in [2.45, 2.75) is 33.2 Å². The lowest BCUT2D eigenvalue weighted by Gasteiger charge is -2.39. The fourth-order valence-electron chi connectivity index (χ4n) is 2.75. The summed E-state index contributed by atoms with van der Waals surface area (Å²) in [5.74, 6) is -0.480. The first kappa shape index (κ1) is 14.1. The molecular weight excluding hydrogens is 242 g/mol. The minimum Gasteiger partial charge on any atom is -0.481 e. The van der Waals surface area contributed by atoms with E-state index in [9.17, 15) is 9.90 Å². The van der Waals surface area contributed by atoms with Crippen LogP contribution in [-0.2, 0) is 18.4 Å². The molecule has 0 bridgehead atoms. The summed E-state index contributed by atoms with van der Waals surface area (Å²) in [5, 5.41) is 13.5. The average Bonchev–Trinajstić information content (AvgIpc) is 2.75. The molecule has 0 spiro atoms. The van der Waals surface area contributed by atoms with Crippen molar-refractivity contribution in [3.8, 4) is 0 Å². The molecule has 106 valence electrons. The molecule has 1 aliphatic rings. The Morgan fingerprint density at radius 1 is 1.58 bits per heavy atom. The number of hydrogen-bond acceptors (Lipinski definition) is 3. The maximum atomic E-state index is 11.4. The van der Waals surface area contributed by atoms with Crippen LogP contribution in [0.4, 0.5) is 0 Å². The molecule has 5 nitrogen and oxygen atoms in total. The van der Waals surface area contributed by atoms with Crippen molar-refractivity contribution < 1.29 is 9.90 Å². The maximum Gasteiger partial charge on any atom is 0.309 e. The second-order valence-electron chi connectivity index (χ2n) is 6.05. The van der Waals surface area contributed by atoms with Crippen LogP contribution in [0.3, 0.4) is 0 Å². The summed E-state index contributed by atoms with van der Waals surface area (Å²) in [6.07, 6.45) is 3.87. The average molecular weight is 265 g/mol. The quantitative estimate of drug-likeness (QED) is 0.901. The van der Waals surface area contributed by atoms with E-state index >= 15 is 0 Å². The maximum absolute atomic E-state index is 11.4. The lowest BCUT2D eigenvalue weighted by molar-refractivity contribution is -0.151. The molecule has 0 amide bonds. The zero-order chi connectivity index (χ0) is 14.0. The summed E-state index contributed by atoms with van der Waals surface area (Å²) in [6, 6.07) is 2.02. The van der Waals surface area contributed by atoms with E-state index in [4.69, 9.17) is 0 Å². The normalized spacial score (nSPS) is 21.5. The first-order chi connectivity index (χ1) is 8.91. The number of carboxylic acid groups (broad SMARTS) is 1. The van der Waals surface area contributed by atoms with E-state index in [1.807, 2.05) is 31.6 Å². The number of rotatable bonds is 4. The van der Waals surface area contributed by atoms with Crippen LogP contribution in [0.15, 0.2) is 12.3 Å². The highest BCUT2D eigenvalue weighted by molar-refractivity contribution is 5.74. The minimum atomic E-state index is -0.695. The van der Waals surface area contributed by atoms with Gasteiger partial charge in [-0.3, -0.25) is 14.4 Å². The van der Waals surface area contributed by atoms with Gasteiger partial charge in [0.25, 0.3) is 0 Å². The molecule has 1 aliphatic heterocycles. The lowest BCUT2D eigenvalue weighted by atomic mass is 9.74. The third-order valence-corrected chi connectivity index (χ3v) is 4.39. The number of nitrogens with zero attached hydrogens (tertiary/aromatic N) is 3. The standard InChI is InChI=1S/C14H23N3O2/c1-14(2,13(18)19)11-5-4-8-17(9-11)10-12-6-7-15-16(12)3/h6-7,11H,4-5,8-10H2,1-3H3,(H,18,19). The van der Waals surface area contributed by atoms with Crippen LogP contribution < -0.4 is 0 Å². The van der Waals surface area contributed by atoms with Gasteiger partial charge in [-0.2, -0.15) is 5.10 Å². The number of carbonyl (C=O) groups is 1. The molecule has 19 heavy (non-hydrogen) atoms. The molecule has 1 fully saturated rings. The summed E-state index contributed by atoms with van der Waals surface area (Å²) in [7, 11) is 1.94. The van der Waals surface area contributed by atoms with Crippen LogP contribution in [0.25, 0.3) is 0 Å². The van der Waals surface area contributed by atoms with Gasteiger partial charge in [-0.25, -0.2) is 0 Å². The van der Waals surface area contributed by atoms with Gasteiger partial charge >= 0.3 is 5.97 Å². The topological polar surface area (TPSA) is 58.4 Å². The van der Waals surface area contributed by atoms with E-state index in [1.165, 1.54) is 5.69 Å². The van der Waals surface area contributed by atoms with Crippen LogP contribution in [0.5, 0.6) is 0 Å². The Morgan fingerprint density at radius 3 is 2.89 bits per heavy atom. The van der Waals surface area contributed by atoms with Gasteiger partial charge < -0.3 is 5.11 Å². The van der Waals surface area contributed by atoms with E-state index in [1.54, 1.807) is 6.20 Å². The summed E-state index contributed by atoms with van der Waals surface area (Å²) in [5.41, 5.74) is 0.527. The van der Waals surface area contributed by atoms with Gasteiger partial charge in [0.15, 0.2) is 0 Å². The highest BCUT2D eigenvalue weighted by Crippen LogP contribution is 2.34. The molecule has 1 atom stereocenters. The van der Waals surface area contributed by atoms with Crippen LogP contribution >= 0.6 is 0 Å². The molecule has 1 aromatic rings. The van der Waals surface area contributed by atoms with Crippen LogP contribution in [0.2, 0.25) is 0 Å². The fraction of sp³-hybridized carbons (Fsp3) is 0.714. The Kier molecular flexibility index (Phi) is 3.94. The molecule has 0 saturated carbocycles. The number of likely N-dealkylation sites (tertiary alicyclic amines) is 1. The SMILES string of the molecule is Cn1nccc1CN1CCCC(C(C)(C)C(=O)O)C1. The monoisotopic (exact) mass is 265 g/mol. The first-order valence-electron chi connectivity index (χ1n) is 6.84. The molecule has 1 aromatic heterocycles. The van der Waals surface area contributed by atoms with Gasteiger partial charge in [0.05, 0.1) is 11.1 Å². The van der Waals surface area contributed by atoms with Crippen molar-refractivity contribution in [2.24, 2.45) is 18.4 Å². The number of aliphatic carboxylic acids is 1. The number of aryl methyl sites for hydroxylation is 1. The smallest absolute Gasteiger partial charge is 0.309 e. The van der Waals surface area contributed by atoms with E-state index in [0.29, 0.717) is 0 Å². The molecular formula is C14H23N3O2. The Hall–Kier alpha value is -1.36. The van der Waals surface area contributed by atoms with Gasteiger partial charge in [-0.1, -0.05) is 0 Å². The van der Waals surface area contributed by atoms with Gasteiger partial charge in [0, 0.05) is 26.3 Å². The van der Waals surface area contributed by atoms with Crippen molar-refractivity contribution in [1.82, 2.24) is 14.7 Å². The van der Waals surface area contributed by atoms with Crippen LogP contribution in [0.1, 0.15) is 32.4 Å². The fourth-order valence-corrected chi connectivity index (χ4v) is 2.75. The Balaban J connectivity index is 2.02. The molecule has 2 rings (SSSR count). The molecule has 1 unspecified atom stereocenters. The van der Waals surface area contributed by atoms with Gasteiger partial charge in [-0.15, -0.1) is 0 Å². The van der Waals surface area contributed by atoms with E-state index in [0.717, 1.165) is 32.5 Å². The van der Waals surface area contributed by atoms with E-state index < -0.39 is 11.4 Å². The Bertz CT molecular complexity index is 453. The number of hydrogen-bond donors (Lipinski definition) is 1. The zero-order valence-corrected chi connectivity index (χ0v) is 12.0. The van der Waals surface area contributed by atoms with Crippen molar-refractivity contribution in [3.05, 3.63) is 18.0 Å². The van der Waals surface area contributed by atoms with Gasteiger partial charge in [0.2, 0.25) is 0 Å². The molecule has 0 aromatic carbocycles. The predicted octanol–water partition coefficient (Wildman–Crippen LogP) is 1.74. The first-order valence-corrected chi connectivity index (χ1v) is 6.84. The van der Waals surface area contributed by atoms with Crippen LogP contribution in [0, 0.1) is 11.3 Å². The molecule has 5 heteroatoms. The second-order valence-corrected chi connectivity index (χ2v) is 6.05. The van der Waals surface area contributed by atoms with Crippen molar-refractivity contribution >= 4 is 5.97 Å². The van der Waals surface area contributed by atoms with Crippen molar-refractivity contribution in [2.75, 3.05) is 13.1 Å². The van der Waals surface area contributed by atoms with Crippen molar-refractivity contribution in [1.29, 1.82) is 0 Å². The predicted molar refractivity (Wildman–Crippen MR) is 72.6 cm³/mol. The largest absolute Gasteiger partial charge is 0.481 e. The molecule has 0 radical (unpaired) electrons. The Morgan fingerprint density at radius 2 is 2.32 bits per heavy atom. The van der Waals surface area contributed by atoms with Gasteiger partial charge in [0.1, 0.15) is 0 Å². The molecule has 1 N–H and O–H groups in total. The zero-order valence-electron chi connectivity index (χ0n) is 12.0. The molecule has 0 aliphatic carbocycles. The third-order valence-electron chi connectivity index (χ3n) is 4.39. The summed E-state index contributed by atoms with van der Waals surface area (Å²) in [6.45, 7) is 6.42. The van der Waals surface area contributed by atoms with Crippen molar-refractivity contribution in [3.63, 3.8) is 0 Å². The summed E-state index contributed by atoms with van der Waals surface area (Å²) in [4.78, 5) is 13.7. The third kappa shape index (κ3) is 2.97. The highest BCUT2D eigenvalue weighted by Gasteiger charge is 2.39. The second kappa shape index (κ2) is 5.33. The number of carboxylic acids is 1. The lowest BCUT2D eigenvalue weighted by Crippen LogP contribution is -2.44. The highest BCUT2D eigenvalue weighted by atomic mass is 16.4.